The molecule has 2 rings (SSSR count). The Morgan fingerprint density at radius 1 is 1.69 bits per heavy atom. The molecule has 2 aliphatic heterocycles. The molecule has 0 amide bonds. The first-order chi connectivity index (χ1) is 6.15. The van der Waals surface area contributed by atoms with Gasteiger partial charge in [-0.3, -0.25) is 0 Å². The highest BCUT2D eigenvalue weighted by molar-refractivity contribution is 5.94. The van der Waals surface area contributed by atoms with E-state index in [2.05, 4.69) is 10.5 Å². The minimum atomic E-state index is -0.190. The topological polar surface area (TPSA) is 53.9 Å². The lowest BCUT2D eigenvalue weighted by molar-refractivity contribution is -0.0164. The molecule has 0 spiro atoms. The second kappa shape index (κ2) is 2.96. The Balaban J connectivity index is 2.19. The first-order valence-electron chi connectivity index (χ1n) is 4.75. The minimum Gasteiger partial charge on any atom is -0.394 e. The number of hydrogen-bond donors (Lipinski definition) is 2. The van der Waals surface area contributed by atoms with E-state index < -0.39 is 0 Å². The lowest BCUT2D eigenvalue weighted by Crippen LogP contribution is -2.51. The van der Waals surface area contributed by atoms with Gasteiger partial charge in [0.1, 0.15) is 5.60 Å². The number of fused-ring (bicyclic) bond motifs is 1. The normalized spacial score (nSPS) is 36.4. The van der Waals surface area contributed by atoms with Crippen LogP contribution in [0.5, 0.6) is 0 Å². The van der Waals surface area contributed by atoms with Crippen LogP contribution in [0.4, 0.5) is 0 Å². The quantitative estimate of drug-likeness (QED) is 0.608. The van der Waals surface area contributed by atoms with E-state index in [9.17, 15) is 0 Å². The molecule has 0 bridgehead atoms. The van der Waals surface area contributed by atoms with Crippen molar-refractivity contribution in [3.63, 3.8) is 0 Å². The molecule has 4 nitrogen and oxygen atoms in total. The van der Waals surface area contributed by atoms with Crippen molar-refractivity contribution in [1.82, 2.24) is 5.32 Å². The summed E-state index contributed by atoms with van der Waals surface area (Å²) < 4.78 is 0. The summed E-state index contributed by atoms with van der Waals surface area (Å²) in [7, 11) is 0. The van der Waals surface area contributed by atoms with Crippen LogP contribution in [0, 0.1) is 5.92 Å². The van der Waals surface area contributed by atoms with Crippen LogP contribution in [0.1, 0.15) is 20.3 Å². The van der Waals surface area contributed by atoms with Crippen molar-refractivity contribution in [3.05, 3.63) is 0 Å². The largest absolute Gasteiger partial charge is 0.394 e. The monoisotopic (exact) mass is 184 g/mol. The van der Waals surface area contributed by atoms with Crippen molar-refractivity contribution >= 4 is 5.71 Å². The van der Waals surface area contributed by atoms with Crippen LogP contribution < -0.4 is 5.32 Å². The van der Waals surface area contributed by atoms with Crippen LogP contribution in [-0.2, 0) is 4.84 Å². The Morgan fingerprint density at radius 2 is 2.46 bits per heavy atom. The zero-order valence-corrected chi connectivity index (χ0v) is 8.08. The van der Waals surface area contributed by atoms with E-state index in [1.165, 1.54) is 0 Å². The molecule has 2 heterocycles. The molecule has 0 aromatic heterocycles. The van der Waals surface area contributed by atoms with Gasteiger partial charge in [0, 0.05) is 5.92 Å². The zero-order chi connectivity index (χ0) is 9.47. The third-order valence-corrected chi connectivity index (χ3v) is 2.95. The van der Waals surface area contributed by atoms with E-state index in [0.29, 0.717) is 5.92 Å². The van der Waals surface area contributed by atoms with Gasteiger partial charge >= 0.3 is 0 Å². The number of hydrogen-bond acceptors (Lipinski definition) is 4. The maximum Gasteiger partial charge on any atom is 0.140 e. The maximum atomic E-state index is 9.11. The van der Waals surface area contributed by atoms with Crippen LogP contribution in [0.25, 0.3) is 0 Å². The second-order valence-electron chi connectivity index (χ2n) is 4.24. The van der Waals surface area contributed by atoms with Crippen molar-refractivity contribution in [2.45, 2.75) is 31.9 Å². The third-order valence-electron chi connectivity index (χ3n) is 2.95. The van der Waals surface area contributed by atoms with Gasteiger partial charge in [0.25, 0.3) is 0 Å². The number of piperidine rings is 1. The van der Waals surface area contributed by atoms with Crippen LogP contribution in [-0.4, -0.2) is 35.6 Å². The first kappa shape index (κ1) is 8.97. The van der Waals surface area contributed by atoms with Crippen LogP contribution >= 0.6 is 0 Å². The number of oxime groups is 1. The first-order valence-corrected chi connectivity index (χ1v) is 4.75. The molecule has 4 heteroatoms. The van der Waals surface area contributed by atoms with Gasteiger partial charge in [-0.05, 0) is 26.8 Å². The van der Waals surface area contributed by atoms with Gasteiger partial charge in [0.2, 0.25) is 0 Å². The van der Waals surface area contributed by atoms with Crippen molar-refractivity contribution in [2.75, 3.05) is 13.2 Å². The SMILES string of the molecule is CC1(C)ON=C2[C@H](CO)NCC[C@@H]21. The van der Waals surface area contributed by atoms with E-state index in [1.54, 1.807) is 0 Å². The van der Waals surface area contributed by atoms with Gasteiger partial charge in [-0.1, -0.05) is 5.16 Å². The van der Waals surface area contributed by atoms with Crippen molar-refractivity contribution in [2.24, 2.45) is 11.1 Å². The Hall–Kier alpha value is -0.610. The van der Waals surface area contributed by atoms with Gasteiger partial charge in [0.15, 0.2) is 0 Å². The van der Waals surface area contributed by atoms with Gasteiger partial charge in [0.05, 0.1) is 18.4 Å². The zero-order valence-electron chi connectivity index (χ0n) is 8.08. The minimum absolute atomic E-state index is 0.000486. The van der Waals surface area contributed by atoms with Crippen LogP contribution in [0.3, 0.4) is 0 Å². The van der Waals surface area contributed by atoms with E-state index in [4.69, 9.17) is 9.94 Å². The molecule has 2 aliphatic rings. The summed E-state index contributed by atoms with van der Waals surface area (Å²) in [5, 5.41) is 16.4. The molecule has 0 radical (unpaired) electrons. The van der Waals surface area contributed by atoms with E-state index >= 15 is 0 Å². The number of nitrogens with one attached hydrogen (secondary N) is 1. The highest BCUT2D eigenvalue weighted by atomic mass is 16.7. The molecule has 0 aromatic carbocycles. The maximum absolute atomic E-state index is 9.11. The molecular formula is C9H16N2O2. The smallest absolute Gasteiger partial charge is 0.140 e. The molecule has 13 heavy (non-hydrogen) atoms. The average Bonchev–Trinajstić information content (AvgIpc) is 2.43. The van der Waals surface area contributed by atoms with Crippen LogP contribution in [0.2, 0.25) is 0 Å². The number of rotatable bonds is 1. The Bertz CT molecular complexity index is 238. The molecule has 74 valence electrons. The fourth-order valence-corrected chi connectivity index (χ4v) is 2.12. The summed E-state index contributed by atoms with van der Waals surface area (Å²) in [5.74, 6) is 0.367. The van der Waals surface area contributed by atoms with Crippen molar-refractivity contribution < 1.29 is 9.94 Å². The lowest BCUT2D eigenvalue weighted by Gasteiger charge is -2.32. The summed E-state index contributed by atoms with van der Waals surface area (Å²) in [5.41, 5.74) is 0.795. The number of nitrogens with zero attached hydrogens (tertiary/aromatic N) is 1. The number of aliphatic hydroxyl groups is 1. The predicted octanol–water partition coefficient (Wildman–Crippen LogP) is 0.122. The third kappa shape index (κ3) is 1.34. The molecule has 0 saturated carbocycles. The Morgan fingerprint density at radius 3 is 3.15 bits per heavy atom. The molecule has 1 fully saturated rings. The fraction of sp³-hybridized carbons (Fsp3) is 0.889. The molecule has 2 atom stereocenters. The molecule has 0 aliphatic carbocycles. The fourth-order valence-electron chi connectivity index (χ4n) is 2.12. The molecule has 1 saturated heterocycles. The standard InChI is InChI=1S/C9H16N2O2/c1-9(2)6-3-4-10-7(5-12)8(6)11-13-9/h6-7,10,12H,3-5H2,1-2H3/t6-,7-/m0/s1. The average molecular weight is 184 g/mol. The molecule has 2 N–H and O–H groups in total. The predicted molar refractivity (Wildman–Crippen MR) is 49.6 cm³/mol. The van der Waals surface area contributed by atoms with Gasteiger partial charge in [-0.15, -0.1) is 0 Å². The van der Waals surface area contributed by atoms with Crippen LogP contribution in [0.15, 0.2) is 5.16 Å². The van der Waals surface area contributed by atoms with Crippen molar-refractivity contribution in [3.8, 4) is 0 Å². The summed E-state index contributed by atoms with van der Waals surface area (Å²) in [6.45, 7) is 5.14. The summed E-state index contributed by atoms with van der Waals surface area (Å²) in [4.78, 5) is 5.36. The lowest BCUT2D eigenvalue weighted by atomic mass is 9.80. The second-order valence-corrected chi connectivity index (χ2v) is 4.24. The van der Waals surface area contributed by atoms with E-state index in [0.717, 1.165) is 18.7 Å². The highest BCUT2D eigenvalue weighted by Crippen LogP contribution is 2.34. The highest BCUT2D eigenvalue weighted by Gasteiger charge is 2.45. The van der Waals surface area contributed by atoms with Gasteiger partial charge in [-0.25, -0.2) is 0 Å². The van der Waals surface area contributed by atoms with E-state index in [1.807, 2.05) is 13.8 Å². The molecule has 0 unspecified atom stereocenters. The molecule has 0 aromatic rings. The Kier molecular flexibility index (Phi) is 2.04. The summed E-state index contributed by atoms with van der Waals surface area (Å²) in [6.07, 6.45) is 1.04. The van der Waals surface area contributed by atoms with E-state index in [-0.39, 0.29) is 18.2 Å². The van der Waals surface area contributed by atoms with Gasteiger partial charge in [-0.2, -0.15) is 0 Å². The summed E-state index contributed by atoms with van der Waals surface area (Å²) >= 11 is 0. The molecular weight excluding hydrogens is 168 g/mol. The van der Waals surface area contributed by atoms with Gasteiger partial charge < -0.3 is 15.3 Å². The summed E-state index contributed by atoms with van der Waals surface area (Å²) in [6, 6.07) is 0.000486. The van der Waals surface area contributed by atoms with Crippen molar-refractivity contribution in [1.29, 1.82) is 0 Å². The Labute approximate surface area is 78.0 Å². The number of aliphatic hydroxyl groups excluding tert-OH is 1.